The highest BCUT2D eigenvalue weighted by atomic mass is 32.2. The SMILES string of the molecule is O=C(CCS(=O)(=O)c1ccc2c(c1)CCC2)Nn1cnc2ccccc21. The topological polar surface area (TPSA) is 81.1 Å². The van der Waals surface area contributed by atoms with Crippen molar-refractivity contribution in [2.75, 3.05) is 11.2 Å². The van der Waals surface area contributed by atoms with Gasteiger partial charge in [0.2, 0.25) is 5.91 Å². The molecule has 2 aromatic carbocycles. The van der Waals surface area contributed by atoms with Crippen molar-refractivity contribution in [1.29, 1.82) is 0 Å². The summed E-state index contributed by atoms with van der Waals surface area (Å²) in [6.07, 6.45) is 4.41. The quantitative estimate of drug-likeness (QED) is 0.749. The molecule has 3 aromatic rings. The standard InChI is InChI=1S/C19H19N3O3S/c23-19(21-22-13-20-17-6-1-2-7-18(17)22)10-11-26(24,25)16-9-8-14-4-3-5-15(14)12-16/h1-2,6-9,12-13H,3-5,10-11H2,(H,21,23). The number of imidazole rings is 1. The summed E-state index contributed by atoms with van der Waals surface area (Å²) < 4.78 is 26.6. The van der Waals surface area contributed by atoms with E-state index in [0.29, 0.717) is 4.90 Å². The van der Waals surface area contributed by atoms with Crippen molar-refractivity contribution in [3.8, 4) is 0 Å². The molecule has 0 bridgehead atoms. The summed E-state index contributed by atoms with van der Waals surface area (Å²) in [4.78, 5) is 16.7. The second kappa shape index (κ2) is 6.57. The van der Waals surface area contributed by atoms with Crippen LogP contribution in [0.4, 0.5) is 0 Å². The lowest BCUT2D eigenvalue weighted by Gasteiger charge is -2.09. The van der Waals surface area contributed by atoms with Gasteiger partial charge in [-0.15, -0.1) is 0 Å². The molecule has 6 nitrogen and oxygen atoms in total. The number of aromatic nitrogens is 2. The van der Waals surface area contributed by atoms with Gasteiger partial charge in [-0.05, 0) is 54.7 Å². The van der Waals surface area contributed by atoms with Crippen molar-refractivity contribution in [3.05, 3.63) is 59.9 Å². The molecule has 0 atom stereocenters. The fourth-order valence-electron chi connectivity index (χ4n) is 3.33. The van der Waals surface area contributed by atoms with E-state index >= 15 is 0 Å². The summed E-state index contributed by atoms with van der Waals surface area (Å²) in [6, 6.07) is 12.7. The average Bonchev–Trinajstić information content (AvgIpc) is 3.27. The van der Waals surface area contributed by atoms with Crippen molar-refractivity contribution in [1.82, 2.24) is 9.66 Å². The zero-order chi connectivity index (χ0) is 18.1. The number of hydrogen-bond acceptors (Lipinski definition) is 4. The van der Waals surface area contributed by atoms with Crippen LogP contribution in [0.15, 0.2) is 53.7 Å². The van der Waals surface area contributed by atoms with Gasteiger partial charge in [0.25, 0.3) is 0 Å². The molecule has 0 radical (unpaired) electrons. The van der Waals surface area contributed by atoms with E-state index in [1.54, 1.807) is 12.1 Å². The van der Waals surface area contributed by atoms with Gasteiger partial charge in [-0.25, -0.2) is 18.1 Å². The van der Waals surface area contributed by atoms with Crippen molar-refractivity contribution in [2.24, 2.45) is 0 Å². The van der Waals surface area contributed by atoms with Crippen LogP contribution in [0.2, 0.25) is 0 Å². The molecule has 1 heterocycles. The number of para-hydroxylation sites is 2. The lowest BCUT2D eigenvalue weighted by molar-refractivity contribution is -0.116. The van der Waals surface area contributed by atoms with Crippen LogP contribution in [0, 0.1) is 0 Å². The van der Waals surface area contributed by atoms with Crippen molar-refractivity contribution in [3.63, 3.8) is 0 Å². The minimum absolute atomic E-state index is 0.105. The third-order valence-corrected chi connectivity index (χ3v) is 6.44. The van der Waals surface area contributed by atoms with E-state index in [4.69, 9.17) is 0 Å². The number of benzene rings is 2. The first-order chi connectivity index (χ1) is 12.5. The van der Waals surface area contributed by atoms with Gasteiger partial charge in [0.15, 0.2) is 9.84 Å². The second-order valence-electron chi connectivity index (χ2n) is 6.49. The molecule has 1 N–H and O–H groups in total. The molecule has 0 aliphatic heterocycles. The largest absolute Gasteiger partial charge is 0.273 e. The van der Waals surface area contributed by atoms with Crippen LogP contribution in [-0.2, 0) is 27.5 Å². The molecular weight excluding hydrogens is 350 g/mol. The van der Waals surface area contributed by atoms with E-state index in [-0.39, 0.29) is 18.1 Å². The Bertz CT molecular complexity index is 1090. The smallest absolute Gasteiger partial charge is 0.239 e. The van der Waals surface area contributed by atoms with E-state index in [2.05, 4.69) is 10.4 Å². The highest BCUT2D eigenvalue weighted by molar-refractivity contribution is 7.91. The third kappa shape index (κ3) is 3.22. The highest BCUT2D eigenvalue weighted by Gasteiger charge is 2.20. The Morgan fingerprint density at radius 3 is 2.81 bits per heavy atom. The van der Waals surface area contributed by atoms with Gasteiger partial charge >= 0.3 is 0 Å². The van der Waals surface area contributed by atoms with Crippen molar-refractivity contribution >= 4 is 26.8 Å². The minimum Gasteiger partial charge on any atom is -0.273 e. The van der Waals surface area contributed by atoms with Crippen LogP contribution in [0.5, 0.6) is 0 Å². The molecule has 1 aliphatic carbocycles. The van der Waals surface area contributed by atoms with Crippen LogP contribution in [0.25, 0.3) is 11.0 Å². The van der Waals surface area contributed by atoms with Crippen molar-refractivity contribution in [2.45, 2.75) is 30.6 Å². The number of carbonyl (C=O) groups is 1. The zero-order valence-electron chi connectivity index (χ0n) is 14.2. The fraction of sp³-hybridized carbons (Fsp3) is 0.263. The highest BCUT2D eigenvalue weighted by Crippen LogP contribution is 2.25. The summed E-state index contributed by atoms with van der Waals surface area (Å²) in [6.45, 7) is 0. The zero-order valence-corrected chi connectivity index (χ0v) is 15.0. The van der Waals surface area contributed by atoms with Gasteiger partial charge < -0.3 is 0 Å². The molecule has 0 saturated carbocycles. The number of nitrogens with zero attached hydrogens (tertiary/aromatic N) is 2. The molecule has 26 heavy (non-hydrogen) atoms. The molecule has 0 saturated heterocycles. The first kappa shape index (κ1) is 16.8. The normalized spacial score (nSPS) is 13.7. The lowest BCUT2D eigenvalue weighted by Crippen LogP contribution is -2.24. The van der Waals surface area contributed by atoms with Gasteiger partial charge in [0, 0.05) is 6.42 Å². The molecule has 1 amide bonds. The minimum atomic E-state index is -3.48. The maximum absolute atomic E-state index is 12.6. The van der Waals surface area contributed by atoms with E-state index < -0.39 is 9.84 Å². The maximum atomic E-state index is 12.6. The number of nitrogens with one attached hydrogen (secondary N) is 1. The summed E-state index contributed by atoms with van der Waals surface area (Å²) in [5, 5.41) is 0. The van der Waals surface area contributed by atoms with Crippen LogP contribution in [-0.4, -0.2) is 29.7 Å². The number of sulfone groups is 1. The van der Waals surface area contributed by atoms with Crippen molar-refractivity contribution < 1.29 is 13.2 Å². The van der Waals surface area contributed by atoms with Crippen LogP contribution in [0.1, 0.15) is 24.0 Å². The fourth-order valence-corrected chi connectivity index (χ4v) is 4.61. The summed E-state index contributed by atoms with van der Waals surface area (Å²) in [5.41, 5.74) is 6.55. The molecular formula is C19H19N3O3S. The first-order valence-corrected chi connectivity index (χ1v) is 10.2. The molecule has 134 valence electrons. The number of hydrogen-bond donors (Lipinski definition) is 1. The molecule has 7 heteroatoms. The number of rotatable bonds is 5. The van der Waals surface area contributed by atoms with E-state index in [0.717, 1.165) is 35.9 Å². The first-order valence-electron chi connectivity index (χ1n) is 8.59. The average molecular weight is 369 g/mol. The van der Waals surface area contributed by atoms with Gasteiger partial charge in [-0.1, -0.05) is 18.2 Å². The Hall–Kier alpha value is -2.67. The summed E-state index contributed by atoms with van der Waals surface area (Å²) >= 11 is 0. The van der Waals surface area contributed by atoms with E-state index in [1.807, 2.05) is 30.3 Å². The number of fused-ring (bicyclic) bond motifs is 2. The monoisotopic (exact) mass is 369 g/mol. The number of amides is 1. The number of aryl methyl sites for hydroxylation is 2. The molecule has 1 aliphatic rings. The molecule has 0 unspecified atom stereocenters. The molecule has 0 fully saturated rings. The van der Waals surface area contributed by atoms with Crippen LogP contribution < -0.4 is 5.43 Å². The number of carbonyl (C=O) groups excluding carboxylic acids is 1. The Kier molecular flexibility index (Phi) is 4.24. The summed E-state index contributed by atoms with van der Waals surface area (Å²) in [5.74, 6) is -0.581. The predicted octanol–water partition coefficient (Wildman–Crippen LogP) is 2.46. The van der Waals surface area contributed by atoms with E-state index in [1.165, 1.54) is 16.6 Å². The van der Waals surface area contributed by atoms with Gasteiger partial charge in [-0.2, -0.15) is 0 Å². The molecule has 0 spiro atoms. The predicted molar refractivity (Wildman–Crippen MR) is 99.2 cm³/mol. The summed E-state index contributed by atoms with van der Waals surface area (Å²) in [7, 11) is -3.48. The van der Waals surface area contributed by atoms with E-state index in [9.17, 15) is 13.2 Å². The Morgan fingerprint density at radius 1 is 1.12 bits per heavy atom. The van der Waals surface area contributed by atoms with Gasteiger partial charge in [0.1, 0.15) is 6.33 Å². The Labute approximate surface area is 151 Å². The third-order valence-electron chi connectivity index (χ3n) is 4.73. The second-order valence-corrected chi connectivity index (χ2v) is 8.60. The molecule has 4 rings (SSSR count). The maximum Gasteiger partial charge on any atom is 0.239 e. The van der Waals surface area contributed by atoms with Crippen LogP contribution in [0.3, 0.4) is 0 Å². The van der Waals surface area contributed by atoms with Gasteiger partial charge in [-0.3, -0.25) is 10.2 Å². The lowest BCUT2D eigenvalue weighted by atomic mass is 10.1. The van der Waals surface area contributed by atoms with Gasteiger partial charge in [0.05, 0.1) is 21.7 Å². The van der Waals surface area contributed by atoms with Crippen LogP contribution >= 0.6 is 0 Å². The molecule has 1 aromatic heterocycles. The Balaban J connectivity index is 1.43. The Morgan fingerprint density at radius 2 is 1.92 bits per heavy atom.